The molecule has 17 heavy (non-hydrogen) atoms. The summed E-state index contributed by atoms with van der Waals surface area (Å²) in [5, 5.41) is 14.4. The van der Waals surface area contributed by atoms with Gasteiger partial charge in [0.1, 0.15) is 0 Å². The van der Waals surface area contributed by atoms with Crippen LogP contribution < -0.4 is 5.32 Å². The SMILES string of the molecule is C=CC(=O)NCC1CC(C)(C)N(O)C(C)(C)C1. The molecule has 1 aliphatic heterocycles. The van der Waals surface area contributed by atoms with Crippen LogP contribution in [0.3, 0.4) is 0 Å². The molecule has 1 fully saturated rings. The Bertz CT molecular complexity index is 293. The Kier molecular flexibility index (Phi) is 3.99. The van der Waals surface area contributed by atoms with Crippen LogP contribution in [0.15, 0.2) is 12.7 Å². The second kappa shape index (κ2) is 4.78. The topological polar surface area (TPSA) is 52.6 Å². The van der Waals surface area contributed by atoms with Crippen molar-refractivity contribution in [1.29, 1.82) is 0 Å². The molecule has 0 aliphatic carbocycles. The number of nitrogens with one attached hydrogen (secondary N) is 1. The summed E-state index contributed by atoms with van der Waals surface area (Å²) in [5.41, 5.74) is -0.517. The molecule has 0 bridgehead atoms. The van der Waals surface area contributed by atoms with Crippen molar-refractivity contribution in [2.45, 2.75) is 51.6 Å². The van der Waals surface area contributed by atoms with Crippen molar-refractivity contribution in [2.24, 2.45) is 5.92 Å². The zero-order valence-corrected chi connectivity index (χ0v) is 11.3. The summed E-state index contributed by atoms with van der Waals surface area (Å²) >= 11 is 0. The van der Waals surface area contributed by atoms with E-state index in [0.717, 1.165) is 12.8 Å². The Morgan fingerprint density at radius 2 is 1.88 bits per heavy atom. The minimum Gasteiger partial charge on any atom is -0.352 e. The first-order valence-electron chi connectivity index (χ1n) is 6.08. The standard InChI is InChI=1S/C13H24N2O2/c1-6-11(16)14-9-10-7-12(2,3)15(17)13(4,5)8-10/h6,10,17H,1,7-9H2,2-5H3,(H,14,16). The van der Waals surface area contributed by atoms with Gasteiger partial charge in [0.15, 0.2) is 0 Å². The monoisotopic (exact) mass is 240 g/mol. The van der Waals surface area contributed by atoms with Crippen molar-refractivity contribution in [3.05, 3.63) is 12.7 Å². The van der Waals surface area contributed by atoms with Gasteiger partial charge in [0.25, 0.3) is 0 Å². The first kappa shape index (κ1) is 14.2. The zero-order chi connectivity index (χ0) is 13.3. The van der Waals surface area contributed by atoms with Crippen molar-refractivity contribution < 1.29 is 10.0 Å². The fourth-order valence-electron chi connectivity index (χ4n) is 2.94. The molecule has 0 saturated carbocycles. The lowest BCUT2D eigenvalue weighted by Crippen LogP contribution is -2.60. The number of hydrogen-bond donors (Lipinski definition) is 2. The van der Waals surface area contributed by atoms with Crippen LogP contribution >= 0.6 is 0 Å². The lowest BCUT2D eigenvalue weighted by molar-refractivity contribution is -0.250. The molecule has 1 aliphatic rings. The van der Waals surface area contributed by atoms with Crippen LogP contribution in [0.5, 0.6) is 0 Å². The van der Waals surface area contributed by atoms with Crippen molar-refractivity contribution in [1.82, 2.24) is 10.4 Å². The zero-order valence-electron chi connectivity index (χ0n) is 11.3. The van der Waals surface area contributed by atoms with E-state index in [1.165, 1.54) is 11.1 Å². The summed E-state index contributed by atoms with van der Waals surface area (Å²) in [6.45, 7) is 12.2. The molecule has 0 aromatic heterocycles. The molecular weight excluding hydrogens is 216 g/mol. The Morgan fingerprint density at radius 1 is 1.41 bits per heavy atom. The third kappa shape index (κ3) is 3.30. The molecule has 2 N–H and O–H groups in total. The number of amides is 1. The van der Waals surface area contributed by atoms with Crippen LogP contribution in [0.25, 0.3) is 0 Å². The minimum atomic E-state index is -0.259. The largest absolute Gasteiger partial charge is 0.352 e. The minimum absolute atomic E-state index is 0.132. The molecule has 0 atom stereocenters. The van der Waals surface area contributed by atoms with Gasteiger partial charge in [-0.05, 0) is 52.5 Å². The smallest absolute Gasteiger partial charge is 0.243 e. The number of nitrogens with zero attached hydrogens (tertiary/aromatic N) is 1. The molecule has 1 heterocycles. The summed E-state index contributed by atoms with van der Waals surface area (Å²) in [5.74, 6) is 0.249. The van der Waals surface area contributed by atoms with Crippen molar-refractivity contribution in [3.63, 3.8) is 0 Å². The number of carbonyl (C=O) groups excluding carboxylic acids is 1. The average molecular weight is 240 g/mol. The van der Waals surface area contributed by atoms with Gasteiger partial charge >= 0.3 is 0 Å². The van der Waals surface area contributed by atoms with Crippen LogP contribution in [0.1, 0.15) is 40.5 Å². The summed E-state index contributed by atoms with van der Waals surface area (Å²) in [6, 6.07) is 0. The normalized spacial score (nSPS) is 24.3. The molecular formula is C13H24N2O2. The van der Waals surface area contributed by atoms with Gasteiger partial charge in [-0.2, -0.15) is 5.06 Å². The van der Waals surface area contributed by atoms with E-state index in [0.29, 0.717) is 12.5 Å². The Balaban J connectivity index is 2.65. The lowest BCUT2D eigenvalue weighted by atomic mass is 9.75. The molecule has 4 nitrogen and oxygen atoms in total. The highest BCUT2D eigenvalue weighted by Gasteiger charge is 2.44. The van der Waals surface area contributed by atoms with E-state index in [1.54, 1.807) is 0 Å². The third-order valence-corrected chi connectivity index (χ3v) is 3.47. The lowest BCUT2D eigenvalue weighted by Gasteiger charge is -2.51. The van der Waals surface area contributed by atoms with Gasteiger partial charge in [0.05, 0.1) is 0 Å². The van der Waals surface area contributed by atoms with Gasteiger partial charge < -0.3 is 10.5 Å². The molecule has 4 heteroatoms. The first-order chi connectivity index (χ1) is 7.69. The molecule has 98 valence electrons. The first-order valence-corrected chi connectivity index (χ1v) is 6.08. The van der Waals surface area contributed by atoms with E-state index in [2.05, 4.69) is 11.9 Å². The van der Waals surface area contributed by atoms with Crippen molar-refractivity contribution in [3.8, 4) is 0 Å². The molecule has 1 saturated heterocycles. The Hall–Kier alpha value is -0.870. The quantitative estimate of drug-likeness (QED) is 0.741. The van der Waals surface area contributed by atoms with Gasteiger partial charge in [-0.15, -0.1) is 0 Å². The molecule has 1 rings (SSSR count). The maximum atomic E-state index is 11.2. The molecule has 1 amide bonds. The molecule has 0 unspecified atom stereocenters. The van der Waals surface area contributed by atoms with Gasteiger partial charge in [-0.3, -0.25) is 4.79 Å². The van der Waals surface area contributed by atoms with Crippen LogP contribution in [0.4, 0.5) is 0 Å². The average Bonchev–Trinajstić information content (AvgIpc) is 2.21. The number of rotatable bonds is 3. The molecule has 0 aromatic carbocycles. The molecule has 0 spiro atoms. The van der Waals surface area contributed by atoms with E-state index in [4.69, 9.17) is 0 Å². The van der Waals surface area contributed by atoms with Gasteiger partial charge in [-0.25, -0.2) is 0 Å². The van der Waals surface area contributed by atoms with Gasteiger partial charge in [0, 0.05) is 17.6 Å². The second-order valence-electron chi connectivity index (χ2n) is 6.16. The maximum Gasteiger partial charge on any atom is 0.243 e. The summed E-state index contributed by atoms with van der Waals surface area (Å²) in [6.07, 6.45) is 3.02. The van der Waals surface area contributed by atoms with Crippen molar-refractivity contribution >= 4 is 5.91 Å². The van der Waals surface area contributed by atoms with E-state index >= 15 is 0 Å². The molecule has 0 aromatic rings. The van der Waals surface area contributed by atoms with Crippen LogP contribution in [0, 0.1) is 5.92 Å². The second-order valence-corrected chi connectivity index (χ2v) is 6.16. The Labute approximate surface area is 104 Å². The maximum absolute atomic E-state index is 11.2. The summed E-state index contributed by atoms with van der Waals surface area (Å²) < 4.78 is 0. The fraction of sp³-hybridized carbons (Fsp3) is 0.769. The van der Waals surface area contributed by atoms with Crippen LogP contribution in [-0.2, 0) is 4.79 Å². The molecule has 0 radical (unpaired) electrons. The van der Waals surface area contributed by atoms with Crippen molar-refractivity contribution in [2.75, 3.05) is 6.54 Å². The highest BCUT2D eigenvalue weighted by molar-refractivity contribution is 5.86. The summed E-state index contributed by atoms with van der Waals surface area (Å²) in [7, 11) is 0. The fourth-order valence-corrected chi connectivity index (χ4v) is 2.94. The number of carbonyl (C=O) groups is 1. The van der Waals surface area contributed by atoms with Gasteiger partial charge in [-0.1, -0.05) is 6.58 Å². The van der Waals surface area contributed by atoms with E-state index in [-0.39, 0.29) is 17.0 Å². The Morgan fingerprint density at radius 3 is 2.29 bits per heavy atom. The van der Waals surface area contributed by atoms with Crippen LogP contribution in [-0.4, -0.2) is 33.8 Å². The van der Waals surface area contributed by atoms with Gasteiger partial charge in [0.2, 0.25) is 5.91 Å². The highest BCUT2D eigenvalue weighted by Crippen LogP contribution is 2.39. The third-order valence-electron chi connectivity index (χ3n) is 3.47. The van der Waals surface area contributed by atoms with E-state index in [1.807, 2.05) is 27.7 Å². The van der Waals surface area contributed by atoms with E-state index in [9.17, 15) is 10.0 Å². The number of hydrogen-bond acceptors (Lipinski definition) is 3. The van der Waals surface area contributed by atoms with E-state index < -0.39 is 0 Å². The summed E-state index contributed by atoms with van der Waals surface area (Å²) in [4.78, 5) is 11.2. The predicted molar refractivity (Wildman–Crippen MR) is 67.7 cm³/mol. The van der Waals surface area contributed by atoms with Crippen LogP contribution in [0.2, 0.25) is 0 Å². The number of piperidine rings is 1. The predicted octanol–water partition coefficient (Wildman–Crippen LogP) is 1.95. The number of hydroxylamine groups is 2. The highest BCUT2D eigenvalue weighted by atomic mass is 16.5.